The standard InChI is InChI=1S/C12H13F2NO3S/c1-7(12(17)18)5-15-11(16)6-19-8-2-3-9(13)10(14)4-8/h2-4,7H,5-6H2,1H3,(H,15,16)(H,17,18). The molecule has 0 aromatic heterocycles. The SMILES string of the molecule is CC(CNC(=O)CSc1ccc(F)c(F)c1)C(=O)O. The molecule has 1 atom stereocenters. The van der Waals surface area contributed by atoms with Crippen molar-refractivity contribution in [2.75, 3.05) is 12.3 Å². The summed E-state index contributed by atoms with van der Waals surface area (Å²) in [5, 5.41) is 11.1. The smallest absolute Gasteiger partial charge is 0.308 e. The van der Waals surface area contributed by atoms with Crippen molar-refractivity contribution in [1.82, 2.24) is 5.32 Å². The van der Waals surface area contributed by atoms with Crippen molar-refractivity contribution in [3.8, 4) is 0 Å². The Balaban J connectivity index is 2.37. The lowest BCUT2D eigenvalue weighted by atomic mass is 10.2. The molecule has 0 aliphatic heterocycles. The zero-order valence-corrected chi connectivity index (χ0v) is 11.0. The fourth-order valence-corrected chi connectivity index (χ4v) is 1.87. The zero-order chi connectivity index (χ0) is 14.4. The second-order valence-electron chi connectivity index (χ2n) is 3.91. The molecule has 7 heteroatoms. The molecule has 1 aromatic rings. The monoisotopic (exact) mass is 289 g/mol. The van der Waals surface area contributed by atoms with E-state index in [1.54, 1.807) is 0 Å². The first-order valence-corrected chi connectivity index (χ1v) is 6.46. The van der Waals surface area contributed by atoms with Crippen LogP contribution >= 0.6 is 11.8 Å². The molecule has 0 aliphatic rings. The van der Waals surface area contributed by atoms with E-state index in [-0.39, 0.29) is 18.2 Å². The highest BCUT2D eigenvalue weighted by Crippen LogP contribution is 2.19. The molecule has 0 heterocycles. The first-order chi connectivity index (χ1) is 8.90. The summed E-state index contributed by atoms with van der Waals surface area (Å²) in [4.78, 5) is 22.4. The molecule has 1 amide bonds. The number of thioether (sulfide) groups is 1. The molecule has 1 unspecified atom stereocenters. The van der Waals surface area contributed by atoms with E-state index in [9.17, 15) is 18.4 Å². The van der Waals surface area contributed by atoms with Crippen LogP contribution < -0.4 is 5.32 Å². The third-order valence-electron chi connectivity index (χ3n) is 2.29. The Hall–Kier alpha value is -1.63. The van der Waals surface area contributed by atoms with Crippen LogP contribution in [0.2, 0.25) is 0 Å². The molecule has 2 N–H and O–H groups in total. The van der Waals surface area contributed by atoms with Gasteiger partial charge in [0.2, 0.25) is 5.91 Å². The number of halogens is 2. The Labute approximate surface area is 113 Å². The normalized spacial score (nSPS) is 11.9. The number of hydrogen-bond acceptors (Lipinski definition) is 3. The van der Waals surface area contributed by atoms with Crippen LogP contribution in [0.15, 0.2) is 23.1 Å². The maximum atomic E-state index is 12.9. The largest absolute Gasteiger partial charge is 0.481 e. The molecule has 0 spiro atoms. The molecular weight excluding hydrogens is 276 g/mol. The van der Waals surface area contributed by atoms with Gasteiger partial charge in [0.15, 0.2) is 11.6 Å². The third-order valence-corrected chi connectivity index (χ3v) is 3.28. The highest BCUT2D eigenvalue weighted by Gasteiger charge is 2.12. The molecule has 1 rings (SSSR count). The van der Waals surface area contributed by atoms with Crippen LogP contribution in [-0.4, -0.2) is 29.3 Å². The quantitative estimate of drug-likeness (QED) is 0.785. The predicted molar refractivity (Wildman–Crippen MR) is 66.9 cm³/mol. The van der Waals surface area contributed by atoms with Gasteiger partial charge in [0.1, 0.15) is 0 Å². The van der Waals surface area contributed by atoms with Crippen LogP contribution in [0, 0.1) is 17.6 Å². The van der Waals surface area contributed by atoms with Crippen LogP contribution in [0.4, 0.5) is 8.78 Å². The van der Waals surface area contributed by atoms with E-state index in [0.29, 0.717) is 4.90 Å². The summed E-state index contributed by atoms with van der Waals surface area (Å²) in [7, 11) is 0. The van der Waals surface area contributed by atoms with E-state index in [1.807, 2.05) is 0 Å². The minimum atomic E-state index is -0.992. The van der Waals surface area contributed by atoms with Crippen molar-refractivity contribution < 1.29 is 23.5 Å². The van der Waals surface area contributed by atoms with Crippen LogP contribution in [0.3, 0.4) is 0 Å². The fraction of sp³-hybridized carbons (Fsp3) is 0.333. The number of hydrogen-bond donors (Lipinski definition) is 2. The second kappa shape index (κ2) is 7.08. The Morgan fingerprint density at radius 1 is 1.37 bits per heavy atom. The molecule has 0 radical (unpaired) electrons. The third kappa shape index (κ3) is 5.25. The number of carboxylic acid groups (broad SMARTS) is 1. The number of nitrogens with one attached hydrogen (secondary N) is 1. The number of amides is 1. The number of carboxylic acids is 1. The topological polar surface area (TPSA) is 66.4 Å². The maximum absolute atomic E-state index is 12.9. The number of benzene rings is 1. The molecule has 19 heavy (non-hydrogen) atoms. The average Bonchev–Trinajstić information content (AvgIpc) is 2.37. The number of aliphatic carboxylic acids is 1. The summed E-state index contributed by atoms with van der Waals surface area (Å²) in [5.41, 5.74) is 0. The van der Waals surface area contributed by atoms with E-state index in [1.165, 1.54) is 13.0 Å². The lowest BCUT2D eigenvalue weighted by Crippen LogP contribution is -2.32. The molecule has 0 bridgehead atoms. The summed E-state index contributed by atoms with van der Waals surface area (Å²) in [6, 6.07) is 3.37. The molecule has 4 nitrogen and oxygen atoms in total. The van der Waals surface area contributed by atoms with Crippen molar-refractivity contribution in [3.05, 3.63) is 29.8 Å². The summed E-state index contributed by atoms with van der Waals surface area (Å²) in [6.07, 6.45) is 0. The Morgan fingerprint density at radius 3 is 2.63 bits per heavy atom. The lowest BCUT2D eigenvalue weighted by Gasteiger charge is -2.08. The first-order valence-electron chi connectivity index (χ1n) is 5.47. The van der Waals surface area contributed by atoms with Gasteiger partial charge in [-0.15, -0.1) is 11.8 Å². The summed E-state index contributed by atoms with van der Waals surface area (Å²) in [5.74, 6) is -3.92. The van der Waals surface area contributed by atoms with Crippen molar-refractivity contribution in [2.45, 2.75) is 11.8 Å². The first kappa shape index (κ1) is 15.4. The van der Waals surface area contributed by atoms with Crippen molar-refractivity contribution in [1.29, 1.82) is 0 Å². The van der Waals surface area contributed by atoms with E-state index in [4.69, 9.17) is 5.11 Å². The zero-order valence-electron chi connectivity index (χ0n) is 10.2. The van der Waals surface area contributed by atoms with Gasteiger partial charge in [-0.25, -0.2) is 8.78 Å². The van der Waals surface area contributed by atoms with Gasteiger partial charge in [0, 0.05) is 11.4 Å². The van der Waals surface area contributed by atoms with E-state index in [0.717, 1.165) is 23.9 Å². The number of carbonyl (C=O) groups is 2. The molecule has 0 saturated carbocycles. The van der Waals surface area contributed by atoms with Gasteiger partial charge in [-0.1, -0.05) is 6.92 Å². The molecular formula is C12H13F2NO3S. The fourth-order valence-electron chi connectivity index (χ4n) is 1.12. The van der Waals surface area contributed by atoms with Gasteiger partial charge >= 0.3 is 5.97 Å². The Morgan fingerprint density at radius 2 is 2.05 bits per heavy atom. The van der Waals surface area contributed by atoms with Crippen molar-refractivity contribution >= 4 is 23.6 Å². The van der Waals surface area contributed by atoms with E-state index >= 15 is 0 Å². The molecule has 0 aliphatic carbocycles. The minimum absolute atomic E-state index is 0.0113. The molecule has 0 fully saturated rings. The minimum Gasteiger partial charge on any atom is -0.481 e. The predicted octanol–water partition coefficient (Wildman–Crippen LogP) is 1.89. The van der Waals surface area contributed by atoms with Crippen LogP contribution in [-0.2, 0) is 9.59 Å². The Kier molecular flexibility index (Phi) is 5.75. The summed E-state index contributed by atoms with van der Waals surface area (Å²) >= 11 is 1.05. The van der Waals surface area contributed by atoms with Gasteiger partial charge in [-0.3, -0.25) is 9.59 Å². The lowest BCUT2D eigenvalue weighted by molar-refractivity contribution is -0.141. The second-order valence-corrected chi connectivity index (χ2v) is 4.96. The highest BCUT2D eigenvalue weighted by molar-refractivity contribution is 8.00. The van der Waals surface area contributed by atoms with Gasteiger partial charge in [0.05, 0.1) is 11.7 Å². The summed E-state index contributed by atoms with van der Waals surface area (Å²) < 4.78 is 25.6. The maximum Gasteiger partial charge on any atom is 0.308 e. The summed E-state index contributed by atoms with van der Waals surface area (Å²) in [6.45, 7) is 1.51. The van der Waals surface area contributed by atoms with Crippen molar-refractivity contribution in [2.24, 2.45) is 5.92 Å². The average molecular weight is 289 g/mol. The number of rotatable bonds is 6. The highest BCUT2D eigenvalue weighted by atomic mass is 32.2. The molecule has 0 saturated heterocycles. The van der Waals surface area contributed by atoms with Gasteiger partial charge in [-0.2, -0.15) is 0 Å². The number of carbonyl (C=O) groups excluding carboxylic acids is 1. The Bertz CT molecular complexity index is 482. The van der Waals surface area contributed by atoms with Crippen LogP contribution in [0.1, 0.15) is 6.92 Å². The van der Waals surface area contributed by atoms with E-state index in [2.05, 4.69) is 5.32 Å². The molecule has 104 valence electrons. The van der Waals surface area contributed by atoms with E-state index < -0.39 is 23.5 Å². The van der Waals surface area contributed by atoms with Gasteiger partial charge < -0.3 is 10.4 Å². The van der Waals surface area contributed by atoms with Crippen molar-refractivity contribution in [3.63, 3.8) is 0 Å². The van der Waals surface area contributed by atoms with Gasteiger partial charge in [-0.05, 0) is 18.2 Å². The molecule has 1 aromatic carbocycles. The van der Waals surface area contributed by atoms with Gasteiger partial charge in [0.25, 0.3) is 0 Å². The van der Waals surface area contributed by atoms with Crippen LogP contribution in [0.5, 0.6) is 0 Å². The van der Waals surface area contributed by atoms with Crippen LogP contribution in [0.25, 0.3) is 0 Å².